The molecule has 0 bridgehead atoms. The molecule has 21 heavy (non-hydrogen) atoms. The molecule has 0 saturated heterocycles. The number of aryl methyl sites for hydroxylation is 1. The highest BCUT2D eigenvalue weighted by Crippen LogP contribution is 2.28. The van der Waals surface area contributed by atoms with Gasteiger partial charge in [-0.2, -0.15) is 5.26 Å². The molecule has 1 aromatic heterocycles. The van der Waals surface area contributed by atoms with Gasteiger partial charge in [0.15, 0.2) is 0 Å². The third kappa shape index (κ3) is 3.54. The maximum atomic E-state index is 11.8. The lowest BCUT2D eigenvalue weighted by Gasteiger charge is -2.19. The Morgan fingerprint density at radius 1 is 1.48 bits per heavy atom. The first-order chi connectivity index (χ1) is 10.0. The Morgan fingerprint density at radius 3 is 2.81 bits per heavy atom. The molecular weight excluding hydrogens is 311 g/mol. The molecule has 0 saturated carbocycles. The van der Waals surface area contributed by atoms with Crippen molar-refractivity contribution in [1.29, 1.82) is 5.26 Å². The molecule has 5 nitrogen and oxygen atoms in total. The van der Waals surface area contributed by atoms with Crippen molar-refractivity contribution in [1.82, 2.24) is 14.9 Å². The number of carbonyl (C=O) groups is 1. The molecule has 0 aliphatic rings. The summed E-state index contributed by atoms with van der Waals surface area (Å²) in [7, 11) is 1.82. The maximum Gasteiger partial charge on any atom is 0.235 e. The maximum absolute atomic E-state index is 11.8. The van der Waals surface area contributed by atoms with E-state index < -0.39 is 6.04 Å². The number of nitrogens with zero attached hydrogens (tertiary/aromatic N) is 3. The van der Waals surface area contributed by atoms with E-state index in [0.29, 0.717) is 15.9 Å². The Kier molecular flexibility index (Phi) is 4.84. The van der Waals surface area contributed by atoms with E-state index >= 15 is 0 Å². The zero-order valence-electron chi connectivity index (χ0n) is 11.2. The van der Waals surface area contributed by atoms with Crippen LogP contribution < -0.4 is 5.32 Å². The molecule has 1 atom stereocenters. The average molecular weight is 323 g/mol. The molecule has 108 valence electrons. The third-order valence-electron chi connectivity index (χ3n) is 2.94. The zero-order valence-corrected chi connectivity index (χ0v) is 12.7. The summed E-state index contributed by atoms with van der Waals surface area (Å²) in [5.74, 6) is 0.260. The first-order valence-electron chi connectivity index (χ1n) is 6.11. The number of hydrogen-bond donors (Lipinski definition) is 1. The van der Waals surface area contributed by atoms with Crippen LogP contribution >= 0.6 is 23.2 Å². The fraction of sp³-hybridized carbons (Fsp3) is 0.214. The number of imidazole rings is 1. The fourth-order valence-electron chi connectivity index (χ4n) is 1.93. The van der Waals surface area contributed by atoms with Crippen molar-refractivity contribution in [3.63, 3.8) is 0 Å². The van der Waals surface area contributed by atoms with Crippen molar-refractivity contribution in [3.8, 4) is 6.07 Å². The van der Waals surface area contributed by atoms with Gasteiger partial charge in [-0.3, -0.25) is 4.79 Å². The molecule has 1 N–H and O–H groups in total. The van der Waals surface area contributed by atoms with Crippen molar-refractivity contribution in [2.24, 2.45) is 7.05 Å². The highest BCUT2D eigenvalue weighted by Gasteiger charge is 2.21. The predicted molar refractivity (Wildman–Crippen MR) is 79.9 cm³/mol. The summed E-state index contributed by atoms with van der Waals surface area (Å²) in [6.45, 7) is 0. The standard InChI is InChI=1S/C14H12Cl2N4O/c1-20-7-6-18-14(20)13(19-12(21)4-5-17)9-2-3-10(15)11(16)8-9/h2-3,6-8,13H,4H2,1H3,(H,19,21). The molecule has 0 aliphatic carbocycles. The van der Waals surface area contributed by atoms with Crippen LogP contribution in [0.15, 0.2) is 30.6 Å². The number of nitriles is 1. The predicted octanol–water partition coefficient (Wildman–Crippen LogP) is 2.85. The Morgan fingerprint density at radius 2 is 2.24 bits per heavy atom. The van der Waals surface area contributed by atoms with Gasteiger partial charge < -0.3 is 9.88 Å². The van der Waals surface area contributed by atoms with E-state index in [4.69, 9.17) is 28.5 Å². The van der Waals surface area contributed by atoms with Gasteiger partial charge in [0.05, 0.1) is 16.1 Å². The van der Waals surface area contributed by atoms with Crippen molar-refractivity contribution >= 4 is 29.1 Å². The second kappa shape index (κ2) is 6.61. The second-order valence-electron chi connectivity index (χ2n) is 4.41. The van der Waals surface area contributed by atoms with E-state index in [1.54, 1.807) is 35.2 Å². The van der Waals surface area contributed by atoms with E-state index in [-0.39, 0.29) is 12.3 Å². The summed E-state index contributed by atoms with van der Waals surface area (Å²) in [6, 6.07) is 6.42. The van der Waals surface area contributed by atoms with E-state index in [1.165, 1.54) is 0 Å². The molecule has 1 heterocycles. The van der Waals surface area contributed by atoms with Crippen LogP contribution in [0.2, 0.25) is 10.0 Å². The topological polar surface area (TPSA) is 70.7 Å². The van der Waals surface area contributed by atoms with Crippen LogP contribution in [0.4, 0.5) is 0 Å². The summed E-state index contributed by atoms with van der Waals surface area (Å²) in [6.07, 6.45) is 3.19. The molecule has 0 spiro atoms. The first kappa shape index (κ1) is 15.4. The van der Waals surface area contributed by atoms with Gasteiger partial charge in [-0.25, -0.2) is 4.98 Å². The molecule has 1 aromatic carbocycles. The van der Waals surface area contributed by atoms with Crippen LogP contribution in [0.25, 0.3) is 0 Å². The molecule has 0 aliphatic heterocycles. The Labute approximate surface area is 132 Å². The van der Waals surface area contributed by atoms with E-state index in [2.05, 4.69) is 10.3 Å². The number of halogens is 2. The molecule has 1 unspecified atom stereocenters. The first-order valence-corrected chi connectivity index (χ1v) is 6.87. The van der Waals surface area contributed by atoms with Gasteiger partial charge in [0.25, 0.3) is 0 Å². The number of rotatable bonds is 4. The summed E-state index contributed by atoms with van der Waals surface area (Å²) < 4.78 is 1.79. The van der Waals surface area contributed by atoms with Crippen molar-refractivity contribution in [3.05, 3.63) is 52.0 Å². The van der Waals surface area contributed by atoms with Gasteiger partial charge in [-0.15, -0.1) is 0 Å². The molecular formula is C14H12Cl2N4O. The van der Waals surface area contributed by atoms with Crippen molar-refractivity contribution < 1.29 is 4.79 Å². The van der Waals surface area contributed by atoms with Crippen LogP contribution in [-0.2, 0) is 11.8 Å². The zero-order chi connectivity index (χ0) is 15.4. The minimum Gasteiger partial charge on any atom is -0.341 e. The smallest absolute Gasteiger partial charge is 0.235 e. The highest BCUT2D eigenvalue weighted by molar-refractivity contribution is 6.42. The lowest BCUT2D eigenvalue weighted by Crippen LogP contribution is -2.30. The summed E-state index contributed by atoms with van der Waals surface area (Å²) in [4.78, 5) is 16.0. The largest absolute Gasteiger partial charge is 0.341 e. The lowest BCUT2D eigenvalue weighted by atomic mass is 10.1. The molecule has 2 aromatic rings. The normalized spacial score (nSPS) is 11.7. The third-order valence-corrected chi connectivity index (χ3v) is 3.68. The molecule has 0 radical (unpaired) electrons. The summed E-state index contributed by atoms with van der Waals surface area (Å²) in [5, 5.41) is 12.2. The van der Waals surface area contributed by atoms with Crippen LogP contribution in [0.1, 0.15) is 23.9 Å². The van der Waals surface area contributed by atoms with Crippen LogP contribution in [0.5, 0.6) is 0 Å². The van der Waals surface area contributed by atoms with Crippen molar-refractivity contribution in [2.45, 2.75) is 12.5 Å². The number of amides is 1. The minimum atomic E-state index is -0.499. The van der Waals surface area contributed by atoms with Gasteiger partial charge >= 0.3 is 0 Å². The minimum absolute atomic E-state index is 0.220. The van der Waals surface area contributed by atoms with Crippen LogP contribution in [0.3, 0.4) is 0 Å². The number of nitrogens with one attached hydrogen (secondary N) is 1. The van der Waals surface area contributed by atoms with Crippen molar-refractivity contribution in [2.75, 3.05) is 0 Å². The van der Waals surface area contributed by atoms with Gasteiger partial charge in [0.1, 0.15) is 18.3 Å². The molecule has 2 rings (SSSR count). The Bertz CT molecular complexity index is 705. The molecule has 1 amide bonds. The second-order valence-corrected chi connectivity index (χ2v) is 5.22. The number of benzene rings is 1. The summed E-state index contributed by atoms with van der Waals surface area (Å²) in [5.41, 5.74) is 0.741. The molecule has 0 fully saturated rings. The van der Waals surface area contributed by atoms with Gasteiger partial charge in [0.2, 0.25) is 5.91 Å². The monoisotopic (exact) mass is 322 g/mol. The van der Waals surface area contributed by atoms with E-state index in [1.807, 2.05) is 13.1 Å². The average Bonchev–Trinajstić information content (AvgIpc) is 2.86. The SMILES string of the molecule is Cn1ccnc1C(NC(=O)CC#N)c1ccc(Cl)c(Cl)c1. The van der Waals surface area contributed by atoms with Gasteiger partial charge in [-0.05, 0) is 17.7 Å². The van der Waals surface area contributed by atoms with E-state index in [0.717, 1.165) is 5.56 Å². The fourth-order valence-corrected chi connectivity index (χ4v) is 2.23. The number of carbonyl (C=O) groups excluding carboxylic acids is 1. The molecule has 7 heteroatoms. The quantitative estimate of drug-likeness (QED) is 0.940. The van der Waals surface area contributed by atoms with Gasteiger partial charge in [0, 0.05) is 19.4 Å². The lowest BCUT2D eigenvalue weighted by molar-refractivity contribution is -0.120. The number of aromatic nitrogens is 2. The van der Waals surface area contributed by atoms with E-state index in [9.17, 15) is 4.79 Å². The Hall–Kier alpha value is -2.03. The Balaban J connectivity index is 2.40. The highest BCUT2D eigenvalue weighted by atomic mass is 35.5. The van der Waals surface area contributed by atoms with Crippen LogP contribution in [-0.4, -0.2) is 15.5 Å². The summed E-state index contributed by atoms with van der Waals surface area (Å²) >= 11 is 11.9. The number of hydrogen-bond acceptors (Lipinski definition) is 3. The van der Waals surface area contributed by atoms with Gasteiger partial charge in [-0.1, -0.05) is 29.3 Å². The van der Waals surface area contributed by atoms with Crippen LogP contribution in [0, 0.1) is 11.3 Å².